The van der Waals surface area contributed by atoms with Crippen molar-refractivity contribution >= 4 is 45.4 Å². The van der Waals surface area contributed by atoms with E-state index in [1.165, 1.54) is 18.4 Å². The highest BCUT2D eigenvalue weighted by atomic mass is 32.2. The first kappa shape index (κ1) is 28.3. The predicted molar refractivity (Wildman–Crippen MR) is 157 cm³/mol. The molecule has 6 nitrogen and oxygen atoms in total. The maximum absolute atomic E-state index is 11.5. The van der Waals surface area contributed by atoms with Crippen LogP contribution >= 0.6 is 35.3 Å². The second kappa shape index (κ2) is 11.6. The van der Waals surface area contributed by atoms with Crippen LogP contribution in [0.5, 0.6) is 5.75 Å². The van der Waals surface area contributed by atoms with E-state index in [9.17, 15) is 15.3 Å². The van der Waals surface area contributed by atoms with Gasteiger partial charge in [-0.3, -0.25) is 14.9 Å². The van der Waals surface area contributed by atoms with Gasteiger partial charge >= 0.3 is 0 Å². The van der Waals surface area contributed by atoms with Crippen LogP contribution in [0.15, 0.2) is 28.2 Å². The van der Waals surface area contributed by atoms with Gasteiger partial charge in [0.05, 0.1) is 40.3 Å². The van der Waals surface area contributed by atoms with Crippen LogP contribution in [0.4, 0.5) is 0 Å². The third kappa shape index (κ3) is 5.66. The Morgan fingerprint density at radius 2 is 2.00 bits per heavy atom. The Morgan fingerprint density at radius 3 is 2.69 bits per heavy atom. The van der Waals surface area contributed by atoms with Gasteiger partial charge in [0.1, 0.15) is 10.8 Å². The molecule has 3 heterocycles. The molecule has 0 radical (unpaired) electrons. The minimum atomic E-state index is -0.576. The van der Waals surface area contributed by atoms with Gasteiger partial charge in [-0.05, 0) is 38.4 Å². The van der Waals surface area contributed by atoms with Crippen molar-refractivity contribution in [2.75, 3.05) is 30.9 Å². The summed E-state index contributed by atoms with van der Waals surface area (Å²) in [5, 5.41) is 34.0. The van der Waals surface area contributed by atoms with E-state index in [1.54, 1.807) is 29.6 Å². The Balaban J connectivity index is 1.48. The summed E-state index contributed by atoms with van der Waals surface area (Å²) < 4.78 is 0. The lowest BCUT2D eigenvalue weighted by Gasteiger charge is -2.38. The summed E-state index contributed by atoms with van der Waals surface area (Å²) in [6.45, 7) is 8.33. The lowest BCUT2D eigenvalue weighted by molar-refractivity contribution is 0.0210. The molecular formula is C27H41N3O3S3. The number of likely N-dealkylation sites (N-methyl/N-ethyl adjacent to an activating group) is 1. The zero-order chi connectivity index (χ0) is 26.1. The number of thioether (sulfide) groups is 3. The van der Waals surface area contributed by atoms with Crippen LogP contribution in [-0.2, 0) is 6.42 Å². The summed E-state index contributed by atoms with van der Waals surface area (Å²) in [6, 6.07) is 5.93. The highest BCUT2D eigenvalue weighted by Gasteiger charge is 2.49. The van der Waals surface area contributed by atoms with Gasteiger partial charge in [-0.1, -0.05) is 45.7 Å². The molecule has 0 aromatic heterocycles. The van der Waals surface area contributed by atoms with Crippen LogP contribution in [0.25, 0.3) is 0 Å². The molecule has 4 rings (SSSR count). The van der Waals surface area contributed by atoms with E-state index >= 15 is 0 Å². The van der Waals surface area contributed by atoms with Gasteiger partial charge in [-0.2, -0.15) is 0 Å². The lowest BCUT2D eigenvalue weighted by Crippen LogP contribution is -2.51. The Labute approximate surface area is 228 Å². The number of unbranched alkanes of at least 4 members (excludes halogenated alkanes) is 2. The van der Waals surface area contributed by atoms with Crippen molar-refractivity contribution in [1.29, 1.82) is 0 Å². The van der Waals surface area contributed by atoms with Gasteiger partial charge in [0.2, 0.25) is 0 Å². The van der Waals surface area contributed by atoms with E-state index in [0.29, 0.717) is 5.75 Å². The van der Waals surface area contributed by atoms with Gasteiger partial charge in [0.25, 0.3) is 0 Å². The second-order valence-electron chi connectivity index (χ2n) is 11.1. The minimum absolute atomic E-state index is 0.00161. The number of phenols is 1. The van der Waals surface area contributed by atoms with E-state index < -0.39 is 17.1 Å². The molecule has 3 aliphatic heterocycles. The lowest BCUT2D eigenvalue weighted by atomic mass is 9.83. The number of aliphatic imine (C=N–C) groups is 2. The second-order valence-corrected chi connectivity index (χ2v) is 14.2. The summed E-state index contributed by atoms with van der Waals surface area (Å²) >= 11 is 5.26. The number of aliphatic hydroxyl groups excluding tert-OH is 2. The quantitative estimate of drug-likeness (QED) is 0.365. The van der Waals surface area contributed by atoms with Crippen molar-refractivity contribution in [1.82, 2.24) is 4.90 Å². The molecule has 1 aromatic rings. The number of hydrogen-bond acceptors (Lipinski definition) is 9. The van der Waals surface area contributed by atoms with Crippen LogP contribution in [0, 0.1) is 5.41 Å². The summed E-state index contributed by atoms with van der Waals surface area (Å²) in [5.74, 6) is 2.79. The number of aromatic hydroxyl groups is 1. The van der Waals surface area contributed by atoms with Crippen molar-refractivity contribution in [3.8, 4) is 5.75 Å². The molecule has 36 heavy (non-hydrogen) atoms. The van der Waals surface area contributed by atoms with Crippen molar-refractivity contribution < 1.29 is 15.3 Å². The van der Waals surface area contributed by atoms with Gasteiger partial charge < -0.3 is 15.3 Å². The molecule has 5 atom stereocenters. The molecular weight excluding hydrogens is 511 g/mol. The first-order valence-corrected chi connectivity index (χ1v) is 16.0. The summed E-state index contributed by atoms with van der Waals surface area (Å²) in [6.07, 6.45) is 3.86. The molecule has 0 saturated carbocycles. The van der Waals surface area contributed by atoms with Crippen LogP contribution < -0.4 is 0 Å². The third-order valence-electron chi connectivity index (χ3n) is 7.64. The fourth-order valence-electron chi connectivity index (χ4n) is 5.15. The van der Waals surface area contributed by atoms with Crippen LogP contribution in [-0.4, -0.2) is 90.3 Å². The number of aliphatic hydroxyl groups is 2. The normalized spacial score (nSPS) is 30.0. The smallest absolute Gasteiger partial charge is 0.125 e. The van der Waals surface area contributed by atoms with Gasteiger partial charge in [0, 0.05) is 28.7 Å². The maximum Gasteiger partial charge on any atom is 0.125 e. The first-order valence-electron chi connectivity index (χ1n) is 13.0. The Bertz CT molecular complexity index is 1000. The first-order chi connectivity index (χ1) is 17.1. The van der Waals surface area contributed by atoms with E-state index in [2.05, 4.69) is 38.8 Å². The monoisotopic (exact) mass is 551 g/mol. The number of aryl methyl sites for hydroxylation is 1. The Kier molecular flexibility index (Phi) is 9.10. The van der Waals surface area contributed by atoms with Crippen molar-refractivity contribution in [3.63, 3.8) is 0 Å². The van der Waals surface area contributed by atoms with E-state index in [1.807, 2.05) is 24.8 Å². The Hall–Kier alpha value is -0.710. The number of nitrogens with zero attached hydrogens (tertiary/aromatic N) is 3. The average molecular weight is 552 g/mol. The largest absolute Gasteiger partial charge is 0.507 e. The maximum atomic E-state index is 11.5. The molecule has 3 aliphatic rings. The fourth-order valence-corrected chi connectivity index (χ4v) is 9.41. The molecule has 9 heteroatoms. The van der Waals surface area contributed by atoms with Gasteiger partial charge in [-0.15, -0.1) is 35.3 Å². The highest BCUT2D eigenvalue weighted by Crippen LogP contribution is 2.44. The molecule has 200 valence electrons. The van der Waals surface area contributed by atoms with Gasteiger partial charge in [0.15, 0.2) is 0 Å². The number of phenolic OH excluding ortho intramolecular Hbond substituents is 1. The molecule has 0 aliphatic carbocycles. The molecule has 0 amide bonds. The third-order valence-corrected chi connectivity index (χ3v) is 11.9. The van der Waals surface area contributed by atoms with Crippen molar-refractivity contribution in [3.05, 3.63) is 29.3 Å². The van der Waals surface area contributed by atoms with Crippen molar-refractivity contribution in [2.24, 2.45) is 15.4 Å². The molecule has 1 fully saturated rings. The topological polar surface area (TPSA) is 88.7 Å². The zero-order valence-electron chi connectivity index (χ0n) is 22.1. The molecule has 1 saturated heterocycles. The van der Waals surface area contributed by atoms with E-state index in [-0.39, 0.29) is 24.1 Å². The van der Waals surface area contributed by atoms with E-state index in [0.717, 1.165) is 45.8 Å². The molecule has 1 aromatic carbocycles. The highest BCUT2D eigenvalue weighted by molar-refractivity contribution is 8.15. The SMILES string of the molecule is CCCCCc1cccc(O)c1C1=N[C@@H]([C@H]2SC[C@@H]([C@@H](O)C(C)(C)C3=N[C@@](C)(CO)CS3)N2C)CS1. The van der Waals surface area contributed by atoms with Crippen LogP contribution in [0.1, 0.15) is 58.1 Å². The molecule has 0 unspecified atom stereocenters. The average Bonchev–Trinajstić information content (AvgIpc) is 3.58. The summed E-state index contributed by atoms with van der Waals surface area (Å²) in [4.78, 5) is 12.2. The molecule has 0 bridgehead atoms. The number of benzene rings is 1. The fraction of sp³-hybridized carbons (Fsp3) is 0.704. The molecule has 3 N–H and O–H groups in total. The van der Waals surface area contributed by atoms with E-state index in [4.69, 9.17) is 9.98 Å². The standard InChI is InChI=1S/C27H41N3O3S3/c1-6-7-8-10-17-11-9-12-20(32)21(17)23-28-18(13-34-23)24-30(5)19(14-35-24)22(33)26(2,3)25-29-27(4,15-31)16-36-25/h9,11-12,18-19,22,24,31-33H,6-8,10,13-16H2,1-5H3/t18-,19+,22-,24-,27+/m1/s1. The zero-order valence-corrected chi connectivity index (χ0v) is 24.6. The van der Waals surface area contributed by atoms with Crippen LogP contribution in [0.3, 0.4) is 0 Å². The van der Waals surface area contributed by atoms with Crippen molar-refractivity contribution in [2.45, 2.75) is 82.5 Å². The number of rotatable bonds is 10. The number of hydrogen-bond donors (Lipinski definition) is 3. The molecule has 0 spiro atoms. The van der Waals surface area contributed by atoms with Gasteiger partial charge in [-0.25, -0.2) is 0 Å². The summed E-state index contributed by atoms with van der Waals surface area (Å²) in [5.41, 5.74) is 1.14. The Morgan fingerprint density at radius 1 is 1.22 bits per heavy atom. The summed E-state index contributed by atoms with van der Waals surface area (Å²) in [7, 11) is 2.10. The van der Waals surface area contributed by atoms with Crippen LogP contribution in [0.2, 0.25) is 0 Å². The minimum Gasteiger partial charge on any atom is -0.507 e. The predicted octanol–water partition coefficient (Wildman–Crippen LogP) is 4.64.